The van der Waals surface area contributed by atoms with Gasteiger partial charge in [-0.05, 0) is 43.2 Å². The number of amides is 1. The molecule has 9 nitrogen and oxygen atoms in total. The van der Waals surface area contributed by atoms with Gasteiger partial charge in [-0.1, -0.05) is 36.4 Å². The minimum atomic E-state index is -3.88. The Morgan fingerprint density at radius 2 is 1.72 bits per heavy atom. The highest BCUT2D eigenvalue weighted by Crippen LogP contribution is 2.19. The van der Waals surface area contributed by atoms with Crippen LogP contribution in [0.5, 0.6) is 0 Å². The molecule has 1 aromatic heterocycles. The fraction of sp³-hybridized carbons (Fsp3) is 0.182. The van der Waals surface area contributed by atoms with E-state index in [-0.39, 0.29) is 23.0 Å². The second-order valence-corrected chi connectivity index (χ2v) is 8.63. The van der Waals surface area contributed by atoms with E-state index < -0.39 is 28.0 Å². The average Bonchev–Trinajstić information content (AvgIpc) is 2.79. The first-order valence-corrected chi connectivity index (χ1v) is 11.2. The van der Waals surface area contributed by atoms with Crippen LogP contribution in [0.3, 0.4) is 0 Å². The van der Waals surface area contributed by atoms with Gasteiger partial charge in [-0.15, -0.1) is 0 Å². The largest absolute Gasteiger partial charge is 0.449 e. The van der Waals surface area contributed by atoms with Crippen molar-refractivity contribution in [3.8, 4) is 0 Å². The van der Waals surface area contributed by atoms with Crippen molar-refractivity contribution in [1.82, 2.24) is 14.7 Å². The molecule has 0 saturated carbocycles. The summed E-state index contributed by atoms with van der Waals surface area (Å²) >= 11 is 0. The van der Waals surface area contributed by atoms with Crippen LogP contribution in [-0.4, -0.2) is 36.4 Å². The molecule has 3 rings (SSSR count). The average molecular weight is 455 g/mol. The first-order valence-electron chi connectivity index (χ1n) is 9.69. The molecule has 2 N–H and O–H groups in total. The Balaban J connectivity index is 1.69. The Morgan fingerprint density at radius 1 is 1.03 bits per heavy atom. The molecule has 1 atom stereocenters. The number of nitrogens with one attached hydrogen (secondary N) is 2. The summed E-state index contributed by atoms with van der Waals surface area (Å²) in [4.78, 5) is 32.4. The molecule has 1 unspecified atom stereocenters. The maximum Gasteiger partial charge on any atom is 0.338 e. The first kappa shape index (κ1) is 23.0. The number of esters is 1. The van der Waals surface area contributed by atoms with Crippen LogP contribution in [0, 0.1) is 6.92 Å². The van der Waals surface area contributed by atoms with Crippen LogP contribution in [0.25, 0.3) is 0 Å². The van der Waals surface area contributed by atoms with Crippen molar-refractivity contribution in [3.63, 3.8) is 0 Å². The fourth-order valence-corrected chi connectivity index (χ4v) is 4.01. The maximum absolute atomic E-state index is 12.8. The minimum absolute atomic E-state index is 0.00583. The fourth-order valence-electron chi connectivity index (χ4n) is 2.73. The van der Waals surface area contributed by atoms with E-state index in [0.29, 0.717) is 5.56 Å². The van der Waals surface area contributed by atoms with Gasteiger partial charge in [0.2, 0.25) is 16.0 Å². The summed E-state index contributed by atoms with van der Waals surface area (Å²) in [6.45, 7) is 3.13. The lowest BCUT2D eigenvalue weighted by Crippen LogP contribution is -2.30. The second-order valence-electron chi connectivity index (χ2n) is 6.90. The van der Waals surface area contributed by atoms with E-state index in [9.17, 15) is 18.0 Å². The summed E-state index contributed by atoms with van der Waals surface area (Å²) in [5.74, 6) is -1.37. The lowest BCUT2D eigenvalue weighted by molar-refractivity contribution is -0.123. The number of nitrogens with zero attached hydrogens (tertiary/aromatic N) is 2. The zero-order valence-electron chi connectivity index (χ0n) is 17.5. The van der Waals surface area contributed by atoms with Gasteiger partial charge in [0.15, 0.2) is 6.10 Å². The van der Waals surface area contributed by atoms with Gasteiger partial charge in [0.25, 0.3) is 5.91 Å². The second kappa shape index (κ2) is 10.1. The lowest BCUT2D eigenvalue weighted by Gasteiger charge is -2.14. The number of carbonyl (C=O) groups excluding carboxylic acids is 2. The molecule has 1 heterocycles. The first-order chi connectivity index (χ1) is 15.3. The predicted octanol–water partition coefficient (Wildman–Crippen LogP) is 2.45. The number of hydrogen-bond donors (Lipinski definition) is 2. The molecule has 32 heavy (non-hydrogen) atoms. The Labute approximate surface area is 185 Å². The standard InChI is InChI=1S/C22H22N4O5S/c1-15-9-10-18(13-19(15)32(29,30)25-14-17-7-4-3-5-8-17)21(28)31-16(2)20(27)26-22-23-11-6-12-24-22/h3-13,16,25H,14H2,1-2H3,(H,23,24,26,27). The third-order valence-corrected chi connectivity index (χ3v) is 6.02. The van der Waals surface area contributed by atoms with Gasteiger partial charge in [-0.3, -0.25) is 10.1 Å². The van der Waals surface area contributed by atoms with Crippen molar-refractivity contribution in [3.05, 3.63) is 83.7 Å². The molecule has 0 bridgehead atoms. The Hall–Kier alpha value is -3.63. The normalized spacial score (nSPS) is 12.1. The van der Waals surface area contributed by atoms with E-state index in [2.05, 4.69) is 20.0 Å². The molecule has 0 saturated heterocycles. The molecule has 0 spiro atoms. The van der Waals surface area contributed by atoms with Crippen molar-refractivity contribution >= 4 is 27.8 Å². The van der Waals surface area contributed by atoms with Crippen molar-refractivity contribution < 1.29 is 22.7 Å². The minimum Gasteiger partial charge on any atom is -0.449 e. The highest BCUT2D eigenvalue weighted by atomic mass is 32.2. The van der Waals surface area contributed by atoms with Gasteiger partial charge in [0.05, 0.1) is 10.5 Å². The topological polar surface area (TPSA) is 127 Å². The van der Waals surface area contributed by atoms with E-state index >= 15 is 0 Å². The SMILES string of the molecule is Cc1ccc(C(=O)OC(C)C(=O)Nc2ncccn2)cc1S(=O)(=O)NCc1ccccc1. The summed E-state index contributed by atoms with van der Waals surface area (Å²) in [5, 5.41) is 2.43. The molecule has 0 aliphatic rings. The van der Waals surface area contributed by atoms with E-state index in [1.54, 1.807) is 25.1 Å². The molecular formula is C22H22N4O5S. The van der Waals surface area contributed by atoms with Gasteiger partial charge in [0, 0.05) is 18.9 Å². The van der Waals surface area contributed by atoms with Crippen molar-refractivity contribution in [2.75, 3.05) is 5.32 Å². The van der Waals surface area contributed by atoms with Crippen LogP contribution in [-0.2, 0) is 26.1 Å². The molecule has 0 fully saturated rings. The van der Waals surface area contributed by atoms with E-state index in [0.717, 1.165) is 5.56 Å². The number of rotatable bonds is 8. The zero-order chi connectivity index (χ0) is 23.1. The van der Waals surface area contributed by atoms with Crippen LogP contribution >= 0.6 is 0 Å². The molecule has 2 aromatic carbocycles. The maximum atomic E-state index is 12.8. The number of anilines is 1. The Bertz CT molecular complexity index is 1200. The number of hydrogen-bond acceptors (Lipinski definition) is 7. The highest BCUT2D eigenvalue weighted by Gasteiger charge is 2.23. The zero-order valence-corrected chi connectivity index (χ0v) is 18.3. The van der Waals surface area contributed by atoms with Crippen LogP contribution in [0.15, 0.2) is 71.9 Å². The van der Waals surface area contributed by atoms with E-state index in [1.165, 1.54) is 37.5 Å². The smallest absolute Gasteiger partial charge is 0.338 e. The Kier molecular flexibility index (Phi) is 7.29. The molecule has 0 aliphatic heterocycles. The summed E-state index contributed by atoms with van der Waals surface area (Å²) < 4.78 is 33.3. The molecule has 10 heteroatoms. The van der Waals surface area contributed by atoms with E-state index in [1.807, 2.05) is 18.2 Å². The van der Waals surface area contributed by atoms with Gasteiger partial charge in [-0.2, -0.15) is 0 Å². The molecular weight excluding hydrogens is 432 g/mol. The molecule has 0 aliphatic carbocycles. The van der Waals surface area contributed by atoms with Crippen molar-refractivity contribution in [1.29, 1.82) is 0 Å². The number of sulfonamides is 1. The van der Waals surface area contributed by atoms with E-state index in [4.69, 9.17) is 4.74 Å². The summed E-state index contributed by atoms with van der Waals surface area (Å²) in [6.07, 6.45) is 1.77. The Morgan fingerprint density at radius 3 is 2.41 bits per heavy atom. The lowest BCUT2D eigenvalue weighted by atomic mass is 10.1. The molecule has 166 valence electrons. The van der Waals surface area contributed by atoms with Crippen molar-refractivity contribution in [2.24, 2.45) is 0 Å². The quantitative estimate of drug-likeness (QED) is 0.501. The van der Waals surface area contributed by atoms with Gasteiger partial charge in [0.1, 0.15) is 0 Å². The van der Waals surface area contributed by atoms with Crippen LogP contribution in [0.1, 0.15) is 28.4 Å². The molecule has 3 aromatic rings. The van der Waals surface area contributed by atoms with Gasteiger partial charge in [-0.25, -0.2) is 27.9 Å². The van der Waals surface area contributed by atoms with Crippen LogP contribution in [0.2, 0.25) is 0 Å². The molecule has 0 radical (unpaired) electrons. The van der Waals surface area contributed by atoms with Gasteiger partial charge >= 0.3 is 5.97 Å². The van der Waals surface area contributed by atoms with Crippen molar-refractivity contribution in [2.45, 2.75) is 31.4 Å². The summed E-state index contributed by atoms with van der Waals surface area (Å²) in [5.41, 5.74) is 1.27. The highest BCUT2D eigenvalue weighted by molar-refractivity contribution is 7.89. The number of benzene rings is 2. The summed E-state index contributed by atoms with van der Waals surface area (Å²) in [6, 6.07) is 14.8. The third-order valence-electron chi connectivity index (χ3n) is 4.48. The van der Waals surface area contributed by atoms with Gasteiger partial charge < -0.3 is 4.74 Å². The summed E-state index contributed by atoms with van der Waals surface area (Å²) in [7, 11) is -3.88. The molecule has 1 amide bonds. The van der Waals surface area contributed by atoms with Crippen LogP contribution < -0.4 is 10.0 Å². The number of carbonyl (C=O) groups is 2. The number of aryl methyl sites for hydroxylation is 1. The number of ether oxygens (including phenoxy) is 1. The predicted molar refractivity (Wildman–Crippen MR) is 117 cm³/mol. The third kappa shape index (κ3) is 5.96. The van der Waals surface area contributed by atoms with Crippen LogP contribution in [0.4, 0.5) is 5.95 Å². The number of aromatic nitrogens is 2. The monoisotopic (exact) mass is 454 g/mol.